The van der Waals surface area contributed by atoms with Gasteiger partial charge in [-0.1, -0.05) is 0 Å². The average Bonchev–Trinajstić information content (AvgIpc) is 3.23. The lowest BCUT2D eigenvalue weighted by atomic mass is 10.2. The first-order chi connectivity index (χ1) is 11.9. The van der Waals surface area contributed by atoms with Crippen LogP contribution in [-0.4, -0.2) is 67.7 Å². The first kappa shape index (κ1) is 17.4. The molecule has 0 radical (unpaired) electrons. The van der Waals surface area contributed by atoms with Crippen molar-refractivity contribution in [1.29, 1.82) is 0 Å². The second-order valence-electron chi connectivity index (χ2n) is 6.58. The number of aromatic nitrogens is 4. The highest BCUT2D eigenvalue weighted by atomic mass is 19.1. The van der Waals surface area contributed by atoms with Crippen molar-refractivity contribution >= 4 is 11.7 Å². The Labute approximate surface area is 146 Å². The van der Waals surface area contributed by atoms with E-state index in [0.29, 0.717) is 31.7 Å². The summed E-state index contributed by atoms with van der Waals surface area (Å²) in [5.74, 6) is 0. The van der Waals surface area contributed by atoms with Gasteiger partial charge in [-0.15, -0.1) is 0 Å². The summed E-state index contributed by atoms with van der Waals surface area (Å²) in [4.78, 5) is 16.0. The van der Waals surface area contributed by atoms with Gasteiger partial charge in [-0.05, 0) is 12.5 Å². The predicted molar refractivity (Wildman–Crippen MR) is 91.8 cm³/mol. The molecule has 136 valence electrons. The van der Waals surface area contributed by atoms with Crippen LogP contribution in [0.4, 0.5) is 14.9 Å². The Balaban J connectivity index is 1.59. The smallest absolute Gasteiger partial charge is 0.321 e. The summed E-state index contributed by atoms with van der Waals surface area (Å²) in [6.07, 6.45) is 4.62. The number of hydrogen-bond donors (Lipinski definition) is 1. The van der Waals surface area contributed by atoms with E-state index in [2.05, 4.69) is 20.4 Å². The summed E-state index contributed by atoms with van der Waals surface area (Å²) in [6, 6.07) is 1.69. The van der Waals surface area contributed by atoms with Crippen molar-refractivity contribution in [3.63, 3.8) is 0 Å². The van der Waals surface area contributed by atoms with Gasteiger partial charge in [0.15, 0.2) is 0 Å². The van der Waals surface area contributed by atoms with Gasteiger partial charge in [0, 0.05) is 59.2 Å². The number of halogens is 1. The molecule has 0 unspecified atom stereocenters. The average molecular weight is 349 g/mol. The number of urea groups is 1. The molecule has 2 aromatic heterocycles. The van der Waals surface area contributed by atoms with Gasteiger partial charge >= 0.3 is 6.03 Å². The lowest BCUT2D eigenvalue weighted by molar-refractivity contribution is 0.180. The molecule has 1 fully saturated rings. The molecule has 2 atom stereocenters. The molecule has 0 aromatic carbocycles. The number of rotatable bonds is 5. The molecule has 0 spiro atoms. The Bertz CT molecular complexity index is 728. The maximum absolute atomic E-state index is 14.0. The standard InChI is InChI=1S/C16H24FN7O/c1-21(16(25)20-13-7-19-22(2)9-13)10-15-6-12(17)8-24(15)11-14-4-5-18-23(14)3/h4-5,7,9,12,15H,6,8,10-11H2,1-3H3,(H,20,25)/t12-,15-/m0/s1. The van der Waals surface area contributed by atoms with Crippen LogP contribution in [0.25, 0.3) is 0 Å². The maximum atomic E-state index is 14.0. The van der Waals surface area contributed by atoms with Crippen LogP contribution in [0.1, 0.15) is 12.1 Å². The Morgan fingerprint density at radius 2 is 2.24 bits per heavy atom. The fourth-order valence-corrected chi connectivity index (χ4v) is 3.17. The molecule has 1 aliphatic rings. The molecule has 0 saturated carbocycles. The number of nitrogens with one attached hydrogen (secondary N) is 1. The molecule has 2 amide bonds. The third-order valence-electron chi connectivity index (χ3n) is 4.55. The minimum atomic E-state index is -0.868. The van der Waals surface area contributed by atoms with Gasteiger partial charge in [-0.3, -0.25) is 14.3 Å². The van der Waals surface area contributed by atoms with Crippen LogP contribution in [0, 0.1) is 0 Å². The monoisotopic (exact) mass is 349 g/mol. The zero-order valence-electron chi connectivity index (χ0n) is 14.8. The summed E-state index contributed by atoms with van der Waals surface area (Å²) in [6.45, 7) is 1.47. The molecule has 3 heterocycles. The zero-order valence-corrected chi connectivity index (χ0v) is 14.8. The summed E-state index contributed by atoms with van der Waals surface area (Å²) >= 11 is 0. The van der Waals surface area contributed by atoms with Crippen molar-refractivity contribution in [1.82, 2.24) is 29.4 Å². The van der Waals surface area contributed by atoms with Gasteiger partial charge in [0.25, 0.3) is 0 Å². The second-order valence-corrected chi connectivity index (χ2v) is 6.58. The maximum Gasteiger partial charge on any atom is 0.321 e. The van der Waals surface area contributed by atoms with Crippen LogP contribution >= 0.6 is 0 Å². The Kier molecular flexibility index (Phi) is 5.03. The molecule has 1 aliphatic heterocycles. The third kappa shape index (κ3) is 4.16. The van der Waals surface area contributed by atoms with Gasteiger partial charge in [0.05, 0.1) is 17.6 Å². The number of hydrogen-bond acceptors (Lipinski definition) is 4. The van der Waals surface area contributed by atoms with Gasteiger partial charge < -0.3 is 10.2 Å². The summed E-state index contributed by atoms with van der Waals surface area (Å²) in [7, 11) is 5.38. The quantitative estimate of drug-likeness (QED) is 0.881. The first-order valence-electron chi connectivity index (χ1n) is 8.28. The van der Waals surface area contributed by atoms with E-state index >= 15 is 0 Å². The Morgan fingerprint density at radius 1 is 1.44 bits per heavy atom. The Morgan fingerprint density at radius 3 is 2.88 bits per heavy atom. The fraction of sp³-hybridized carbons (Fsp3) is 0.562. The molecule has 9 heteroatoms. The summed E-state index contributed by atoms with van der Waals surface area (Å²) in [5.41, 5.74) is 1.67. The molecule has 3 rings (SSSR count). The minimum absolute atomic E-state index is 0.0189. The van der Waals surface area contributed by atoms with Crippen LogP contribution < -0.4 is 5.32 Å². The largest absolute Gasteiger partial charge is 0.326 e. The number of carbonyl (C=O) groups is 1. The van der Waals surface area contributed by atoms with Gasteiger partial charge in [0.1, 0.15) is 6.17 Å². The topological polar surface area (TPSA) is 71.2 Å². The molecule has 0 aliphatic carbocycles. The number of anilines is 1. The van der Waals surface area contributed by atoms with E-state index in [0.717, 1.165) is 5.69 Å². The SMILES string of the molecule is CN(C[C@@H]1C[C@H](F)CN1Cc1ccnn1C)C(=O)Nc1cnn(C)c1. The van der Waals surface area contributed by atoms with Gasteiger partial charge in [-0.25, -0.2) is 9.18 Å². The molecule has 1 saturated heterocycles. The first-order valence-corrected chi connectivity index (χ1v) is 8.28. The van der Waals surface area contributed by atoms with Crippen LogP contribution in [0.2, 0.25) is 0 Å². The normalized spacial score (nSPS) is 20.8. The van der Waals surface area contributed by atoms with Crippen molar-refractivity contribution in [3.8, 4) is 0 Å². The number of likely N-dealkylation sites (N-methyl/N-ethyl adjacent to an activating group) is 1. The van der Waals surface area contributed by atoms with E-state index < -0.39 is 6.17 Å². The van der Waals surface area contributed by atoms with Gasteiger partial charge in [0.2, 0.25) is 0 Å². The van der Waals surface area contributed by atoms with E-state index in [1.165, 1.54) is 0 Å². The van der Waals surface area contributed by atoms with E-state index in [1.54, 1.807) is 46.9 Å². The lowest BCUT2D eigenvalue weighted by Gasteiger charge is -2.28. The highest BCUT2D eigenvalue weighted by Crippen LogP contribution is 2.23. The minimum Gasteiger partial charge on any atom is -0.326 e. The van der Waals surface area contributed by atoms with E-state index in [9.17, 15) is 9.18 Å². The van der Waals surface area contributed by atoms with Crippen LogP contribution in [-0.2, 0) is 20.6 Å². The third-order valence-corrected chi connectivity index (χ3v) is 4.55. The highest BCUT2D eigenvalue weighted by molar-refractivity contribution is 5.88. The zero-order chi connectivity index (χ0) is 18.0. The van der Waals surface area contributed by atoms with Crippen molar-refractivity contribution in [2.45, 2.75) is 25.2 Å². The second kappa shape index (κ2) is 7.22. The van der Waals surface area contributed by atoms with Crippen LogP contribution in [0.15, 0.2) is 24.7 Å². The molecule has 25 heavy (non-hydrogen) atoms. The fourth-order valence-electron chi connectivity index (χ4n) is 3.17. The van der Waals surface area contributed by atoms with Crippen molar-refractivity contribution in [2.75, 3.05) is 25.5 Å². The van der Waals surface area contributed by atoms with Gasteiger partial charge in [-0.2, -0.15) is 10.2 Å². The van der Waals surface area contributed by atoms with Crippen LogP contribution in [0.5, 0.6) is 0 Å². The molecule has 2 aromatic rings. The van der Waals surface area contributed by atoms with Crippen molar-refractivity contribution in [2.24, 2.45) is 14.1 Å². The van der Waals surface area contributed by atoms with Crippen molar-refractivity contribution < 1.29 is 9.18 Å². The predicted octanol–water partition coefficient (Wildman–Crippen LogP) is 1.23. The number of likely N-dealkylation sites (tertiary alicyclic amines) is 1. The van der Waals surface area contributed by atoms with E-state index in [1.807, 2.05) is 13.1 Å². The molecular formula is C16H24FN7O. The number of amides is 2. The van der Waals surface area contributed by atoms with Crippen molar-refractivity contribution in [3.05, 3.63) is 30.4 Å². The number of carbonyl (C=O) groups excluding carboxylic acids is 1. The lowest BCUT2D eigenvalue weighted by Crippen LogP contribution is -2.42. The molecule has 0 bridgehead atoms. The number of aryl methyl sites for hydroxylation is 2. The summed E-state index contributed by atoms with van der Waals surface area (Å²) < 4.78 is 17.4. The van der Waals surface area contributed by atoms with E-state index in [-0.39, 0.29) is 12.1 Å². The highest BCUT2D eigenvalue weighted by Gasteiger charge is 2.33. The molecular weight excluding hydrogens is 325 g/mol. The van der Waals surface area contributed by atoms with Crippen LogP contribution in [0.3, 0.4) is 0 Å². The Hall–Kier alpha value is -2.42. The van der Waals surface area contributed by atoms with E-state index in [4.69, 9.17) is 0 Å². The number of nitrogens with zero attached hydrogens (tertiary/aromatic N) is 6. The molecule has 1 N–H and O–H groups in total. The number of alkyl halides is 1. The molecule has 8 nitrogen and oxygen atoms in total. The summed E-state index contributed by atoms with van der Waals surface area (Å²) in [5, 5.41) is 11.0.